The number of nitrogens with zero attached hydrogens (tertiary/aromatic N) is 2. The molecule has 0 saturated carbocycles. The summed E-state index contributed by atoms with van der Waals surface area (Å²) >= 11 is 0. The Morgan fingerprint density at radius 2 is 1.80 bits per heavy atom. The molecule has 0 aromatic rings. The van der Waals surface area contributed by atoms with Gasteiger partial charge >= 0.3 is 0 Å². The van der Waals surface area contributed by atoms with E-state index in [0.717, 1.165) is 24.9 Å². The van der Waals surface area contributed by atoms with Crippen molar-refractivity contribution < 1.29 is 4.79 Å². The van der Waals surface area contributed by atoms with Crippen LogP contribution in [0.25, 0.3) is 0 Å². The van der Waals surface area contributed by atoms with Crippen LogP contribution >= 0.6 is 0 Å². The molecule has 2 aliphatic rings. The fourth-order valence-electron chi connectivity index (χ4n) is 3.14. The first kappa shape index (κ1) is 10.9. The highest BCUT2D eigenvalue weighted by molar-refractivity contribution is 5.73. The normalized spacial score (nSPS) is 31.7. The van der Waals surface area contributed by atoms with Crippen molar-refractivity contribution in [1.82, 2.24) is 9.80 Å². The highest BCUT2D eigenvalue weighted by Gasteiger charge is 2.34. The summed E-state index contributed by atoms with van der Waals surface area (Å²) in [6, 6.07) is 0. The third-order valence-electron chi connectivity index (χ3n) is 3.64. The number of amides is 1. The zero-order valence-corrected chi connectivity index (χ0v) is 9.91. The summed E-state index contributed by atoms with van der Waals surface area (Å²) in [6.07, 6.45) is 2.58. The fraction of sp³-hybridized carbons (Fsp3) is 0.917. The zero-order valence-electron chi connectivity index (χ0n) is 9.91. The fourth-order valence-corrected chi connectivity index (χ4v) is 3.14. The molecule has 2 fully saturated rings. The predicted octanol–water partition coefficient (Wildman–Crippen LogP) is 1.20. The standard InChI is InChI=1S/C12H22N2O/c1-3-4-13-6-11-5-12(7-13)9-14(8-11)10(2)15/h11-12H,3-9H2,1-2H3/t11-,12+. The lowest BCUT2D eigenvalue weighted by molar-refractivity contribution is -0.133. The minimum atomic E-state index is 0.258. The Morgan fingerprint density at radius 3 is 2.27 bits per heavy atom. The van der Waals surface area contributed by atoms with Gasteiger partial charge in [0.1, 0.15) is 0 Å². The summed E-state index contributed by atoms with van der Waals surface area (Å²) < 4.78 is 0. The molecule has 15 heavy (non-hydrogen) atoms. The van der Waals surface area contributed by atoms with Crippen LogP contribution in [0.5, 0.6) is 0 Å². The molecule has 0 aromatic carbocycles. The molecule has 2 aliphatic heterocycles. The van der Waals surface area contributed by atoms with Crippen molar-refractivity contribution in [2.75, 3.05) is 32.7 Å². The highest BCUT2D eigenvalue weighted by Crippen LogP contribution is 2.28. The van der Waals surface area contributed by atoms with E-state index in [-0.39, 0.29) is 5.91 Å². The summed E-state index contributed by atoms with van der Waals surface area (Å²) in [5.41, 5.74) is 0. The number of rotatable bonds is 2. The van der Waals surface area contributed by atoms with Crippen molar-refractivity contribution in [1.29, 1.82) is 0 Å². The molecule has 86 valence electrons. The number of carbonyl (C=O) groups is 1. The van der Waals surface area contributed by atoms with Gasteiger partial charge in [-0.25, -0.2) is 0 Å². The van der Waals surface area contributed by atoms with Crippen molar-refractivity contribution in [3.63, 3.8) is 0 Å². The maximum atomic E-state index is 11.3. The van der Waals surface area contributed by atoms with Gasteiger partial charge in [-0.3, -0.25) is 4.79 Å². The van der Waals surface area contributed by atoms with Gasteiger partial charge in [0, 0.05) is 33.1 Å². The van der Waals surface area contributed by atoms with Crippen LogP contribution in [-0.4, -0.2) is 48.4 Å². The van der Waals surface area contributed by atoms with Gasteiger partial charge in [-0.05, 0) is 31.2 Å². The molecule has 0 aliphatic carbocycles. The Kier molecular flexibility index (Phi) is 3.29. The maximum Gasteiger partial charge on any atom is 0.219 e. The van der Waals surface area contributed by atoms with Gasteiger partial charge in [-0.2, -0.15) is 0 Å². The lowest BCUT2D eigenvalue weighted by Gasteiger charge is -2.45. The second kappa shape index (κ2) is 4.52. The van der Waals surface area contributed by atoms with E-state index in [1.54, 1.807) is 6.92 Å². The van der Waals surface area contributed by atoms with E-state index in [9.17, 15) is 4.79 Å². The van der Waals surface area contributed by atoms with Gasteiger partial charge in [-0.1, -0.05) is 6.92 Å². The van der Waals surface area contributed by atoms with Crippen molar-refractivity contribution in [3.05, 3.63) is 0 Å². The average Bonchev–Trinajstić information content (AvgIpc) is 2.16. The molecule has 0 N–H and O–H groups in total. The van der Waals surface area contributed by atoms with Crippen molar-refractivity contribution >= 4 is 5.91 Å². The van der Waals surface area contributed by atoms with Crippen LogP contribution in [0.2, 0.25) is 0 Å². The molecule has 0 spiro atoms. The number of fused-ring (bicyclic) bond motifs is 2. The summed E-state index contributed by atoms with van der Waals surface area (Å²) in [5, 5.41) is 0. The Bertz CT molecular complexity index is 228. The molecule has 2 atom stereocenters. The van der Waals surface area contributed by atoms with E-state index in [1.807, 2.05) is 4.90 Å². The minimum Gasteiger partial charge on any atom is -0.342 e. The first-order valence-electron chi connectivity index (χ1n) is 6.17. The summed E-state index contributed by atoms with van der Waals surface area (Å²) in [5.74, 6) is 1.72. The van der Waals surface area contributed by atoms with E-state index in [2.05, 4.69) is 11.8 Å². The van der Waals surface area contributed by atoms with Crippen molar-refractivity contribution in [3.8, 4) is 0 Å². The topological polar surface area (TPSA) is 23.6 Å². The number of carbonyl (C=O) groups excluding carboxylic acids is 1. The largest absolute Gasteiger partial charge is 0.342 e. The van der Waals surface area contributed by atoms with Gasteiger partial charge < -0.3 is 9.80 Å². The first-order chi connectivity index (χ1) is 7.19. The lowest BCUT2D eigenvalue weighted by Crippen LogP contribution is -2.53. The molecule has 2 bridgehead atoms. The molecular weight excluding hydrogens is 188 g/mol. The number of likely N-dealkylation sites (tertiary alicyclic amines) is 2. The Hall–Kier alpha value is -0.570. The molecule has 2 saturated heterocycles. The number of hydrogen-bond donors (Lipinski definition) is 0. The second-order valence-corrected chi connectivity index (χ2v) is 5.15. The van der Waals surface area contributed by atoms with Crippen molar-refractivity contribution in [2.45, 2.75) is 26.7 Å². The van der Waals surface area contributed by atoms with Crippen LogP contribution in [0.1, 0.15) is 26.7 Å². The van der Waals surface area contributed by atoms with Crippen LogP contribution in [-0.2, 0) is 4.79 Å². The highest BCUT2D eigenvalue weighted by atomic mass is 16.2. The summed E-state index contributed by atoms with van der Waals surface area (Å²) in [7, 11) is 0. The van der Waals surface area contributed by atoms with Gasteiger partial charge in [0.2, 0.25) is 5.91 Å². The Labute approximate surface area is 92.4 Å². The summed E-state index contributed by atoms with van der Waals surface area (Å²) in [4.78, 5) is 16.0. The molecule has 3 nitrogen and oxygen atoms in total. The zero-order chi connectivity index (χ0) is 10.8. The van der Waals surface area contributed by atoms with Crippen LogP contribution in [0.3, 0.4) is 0 Å². The quantitative estimate of drug-likeness (QED) is 0.683. The average molecular weight is 210 g/mol. The maximum absolute atomic E-state index is 11.3. The monoisotopic (exact) mass is 210 g/mol. The first-order valence-corrected chi connectivity index (χ1v) is 6.17. The van der Waals surface area contributed by atoms with Crippen LogP contribution < -0.4 is 0 Å². The van der Waals surface area contributed by atoms with E-state index in [1.165, 1.54) is 32.5 Å². The van der Waals surface area contributed by atoms with Crippen LogP contribution in [0.4, 0.5) is 0 Å². The van der Waals surface area contributed by atoms with E-state index in [0.29, 0.717) is 0 Å². The molecule has 3 heteroatoms. The summed E-state index contributed by atoms with van der Waals surface area (Å²) in [6.45, 7) is 9.56. The molecule has 0 aromatic heterocycles. The number of hydrogen-bond acceptors (Lipinski definition) is 2. The van der Waals surface area contributed by atoms with Gasteiger partial charge in [0.25, 0.3) is 0 Å². The SMILES string of the molecule is CCCN1C[C@H]2C[C@@H](C1)CN(C(C)=O)C2. The Morgan fingerprint density at radius 1 is 1.20 bits per heavy atom. The molecule has 2 heterocycles. The van der Waals surface area contributed by atoms with Gasteiger partial charge in [0.05, 0.1) is 0 Å². The number of piperidine rings is 2. The Balaban J connectivity index is 1.93. The molecule has 2 rings (SSSR count). The third kappa shape index (κ3) is 2.51. The van der Waals surface area contributed by atoms with Crippen molar-refractivity contribution in [2.24, 2.45) is 11.8 Å². The lowest BCUT2D eigenvalue weighted by atomic mass is 9.84. The molecule has 0 radical (unpaired) electrons. The van der Waals surface area contributed by atoms with E-state index in [4.69, 9.17) is 0 Å². The molecule has 0 unspecified atom stereocenters. The van der Waals surface area contributed by atoms with Gasteiger partial charge in [0.15, 0.2) is 0 Å². The third-order valence-corrected chi connectivity index (χ3v) is 3.64. The van der Waals surface area contributed by atoms with Crippen LogP contribution in [0, 0.1) is 11.8 Å². The predicted molar refractivity (Wildman–Crippen MR) is 60.6 cm³/mol. The van der Waals surface area contributed by atoms with Crippen LogP contribution in [0.15, 0.2) is 0 Å². The smallest absolute Gasteiger partial charge is 0.219 e. The van der Waals surface area contributed by atoms with E-state index < -0.39 is 0 Å². The van der Waals surface area contributed by atoms with E-state index >= 15 is 0 Å². The second-order valence-electron chi connectivity index (χ2n) is 5.15. The van der Waals surface area contributed by atoms with Gasteiger partial charge in [-0.15, -0.1) is 0 Å². The molecular formula is C12H22N2O. The minimum absolute atomic E-state index is 0.258. The molecule has 1 amide bonds.